The minimum absolute atomic E-state index is 0.231. The Kier molecular flexibility index (Phi) is 4.64. The summed E-state index contributed by atoms with van der Waals surface area (Å²) < 4.78 is 5.50. The largest absolute Gasteiger partial charge is 0.495 e. The fraction of sp³-hybridized carbons (Fsp3) is 0.429. The van der Waals surface area contributed by atoms with Gasteiger partial charge in [0.15, 0.2) is 0 Å². The number of piperazine rings is 1. The predicted octanol–water partition coefficient (Wildman–Crippen LogP) is 2.35. The predicted molar refractivity (Wildman–Crippen MR) is 100 cm³/mol. The monoisotopic (exact) mass is 338 g/mol. The van der Waals surface area contributed by atoms with Gasteiger partial charge in [0.05, 0.1) is 18.9 Å². The minimum atomic E-state index is -0.271. The SMILES string of the molecule is COc1ccccc1N1CCN(C2Cc3ccccc3CC2O)CC1. The van der Waals surface area contributed by atoms with Gasteiger partial charge in [-0.05, 0) is 29.7 Å². The molecule has 1 aliphatic carbocycles. The molecule has 1 fully saturated rings. The second kappa shape index (κ2) is 7.06. The fourth-order valence-electron chi connectivity index (χ4n) is 4.24. The number of anilines is 1. The van der Waals surface area contributed by atoms with Crippen LogP contribution in [0.4, 0.5) is 5.69 Å². The maximum atomic E-state index is 10.7. The molecule has 2 aromatic rings. The van der Waals surface area contributed by atoms with E-state index in [1.165, 1.54) is 16.8 Å². The van der Waals surface area contributed by atoms with Crippen molar-refractivity contribution in [2.24, 2.45) is 0 Å². The second-order valence-corrected chi connectivity index (χ2v) is 7.01. The molecule has 2 aromatic carbocycles. The standard InChI is InChI=1S/C21H26N2O2/c1-25-21-9-5-4-8-18(21)22-10-12-23(13-11-22)19-14-16-6-2-3-7-17(16)15-20(19)24/h2-9,19-20,24H,10-15H2,1H3. The molecule has 132 valence electrons. The van der Waals surface area contributed by atoms with E-state index in [1.807, 2.05) is 12.1 Å². The first kappa shape index (κ1) is 16.4. The number of rotatable bonds is 3. The molecule has 1 saturated heterocycles. The zero-order valence-electron chi connectivity index (χ0n) is 14.8. The third-order valence-corrected chi connectivity index (χ3v) is 5.63. The minimum Gasteiger partial charge on any atom is -0.495 e. The number of ether oxygens (including phenoxy) is 1. The molecule has 4 nitrogen and oxygen atoms in total. The molecule has 2 unspecified atom stereocenters. The van der Waals surface area contributed by atoms with Crippen LogP contribution in [-0.4, -0.2) is 55.4 Å². The van der Waals surface area contributed by atoms with Gasteiger partial charge in [-0.15, -0.1) is 0 Å². The van der Waals surface area contributed by atoms with Crippen LogP contribution >= 0.6 is 0 Å². The number of benzene rings is 2. The van der Waals surface area contributed by atoms with E-state index < -0.39 is 0 Å². The van der Waals surface area contributed by atoms with Crippen molar-refractivity contribution >= 4 is 5.69 Å². The summed E-state index contributed by atoms with van der Waals surface area (Å²) in [5, 5.41) is 10.7. The Hall–Kier alpha value is -2.04. The summed E-state index contributed by atoms with van der Waals surface area (Å²) in [6.45, 7) is 3.88. The quantitative estimate of drug-likeness (QED) is 0.932. The Balaban J connectivity index is 1.44. The van der Waals surface area contributed by atoms with E-state index in [0.29, 0.717) is 0 Å². The number of hydrogen-bond donors (Lipinski definition) is 1. The lowest BCUT2D eigenvalue weighted by Gasteiger charge is -2.43. The molecule has 4 heteroatoms. The number of hydrogen-bond acceptors (Lipinski definition) is 4. The van der Waals surface area contributed by atoms with Gasteiger partial charge in [-0.25, -0.2) is 0 Å². The first-order chi connectivity index (χ1) is 12.3. The van der Waals surface area contributed by atoms with Gasteiger partial charge in [0, 0.05) is 38.6 Å². The van der Waals surface area contributed by atoms with E-state index in [9.17, 15) is 5.11 Å². The molecule has 2 aliphatic rings. The Morgan fingerprint density at radius 3 is 2.24 bits per heavy atom. The van der Waals surface area contributed by atoms with Crippen LogP contribution in [-0.2, 0) is 12.8 Å². The van der Waals surface area contributed by atoms with E-state index in [2.05, 4.69) is 46.2 Å². The number of aliphatic hydroxyl groups excluding tert-OH is 1. The zero-order valence-corrected chi connectivity index (χ0v) is 14.8. The van der Waals surface area contributed by atoms with E-state index in [0.717, 1.165) is 44.8 Å². The van der Waals surface area contributed by atoms with E-state index >= 15 is 0 Å². The molecule has 2 atom stereocenters. The molecule has 1 N–H and O–H groups in total. The third kappa shape index (κ3) is 3.24. The van der Waals surface area contributed by atoms with Crippen LogP contribution in [0.1, 0.15) is 11.1 Å². The lowest BCUT2D eigenvalue weighted by Crippen LogP contribution is -2.56. The van der Waals surface area contributed by atoms with Crippen molar-refractivity contribution < 1.29 is 9.84 Å². The normalized spacial score (nSPS) is 24.0. The Morgan fingerprint density at radius 2 is 1.52 bits per heavy atom. The van der Waals surface area contributed by atoms with Crippen LogP contribution in [0.25, 0.3) is 0 Å². The summed E-state index contributed by atoms with van der Waals surface area (Å²) in [6.07, 6.45) is 1.45. The van der Waals surface area contributed by atoms with Gasteiger partial charge in [-0.1, -0.05) is 36.4 Å². The van der Waals surface area contributed by atoms with E-state index in [4.69, 9.17) is 4.74 Å². The molecule has 4 rings (SSSR count). The Morgan fingerprint density at radius 1 is 0.880 bits per heavy atom. The van der Waals surface area contributed by atoms with Gasteiger partial charge in [0.2, 0.25) is 0 Å². The molecule has 0 aromatic heterocycles. The summed E-state index contributed by atoms with van der Waals surface area (Å²) >= 11 is 0. The van der Waals surface area contributed by atoms with Gasteiger partial charge in [-0.2, -0.15) is 0 Å². The highest BCUT2D eigenvalue weighted by atomic mass is 16.5. The van der Waals surface area contributed by atoms with Crippen molar-refractivity contribution in [2.45, 2.75) is 25.0 Å². The summed E-state index contributed by atoms with van der Waals surface area (Å²) in [4.78, 5) is 4.85. The van der Waals surface area contributed by atoms with Crippen molar-refractivity contribution in [3.8, 4) is 5.75 Å². The molecule has 25 heavy (non-hydrogen) atoms. The second-order valence-electron chi connectivity index (χ2n) is 7.01. The highest BCUT2D eigenvalue weighted by Crippen LogP contribution is 2.30. The summed E-state index contributed by atoms with van der Waals surface area (Å²) in [7, 11) is 1.73. The van der Waals surface area contributed by atoms with Crippen molar-refractivity contribution in [3.05, 3.63) is 59.7 Å². The average molecular weight is 338 g/mol. The van der Waals surface area contributed by atoms with E-state index in [1.54, 1.807) is 7.11 Å². The van der Waals surface area contributed by atoms with Crippen LogP contribution in [0.3, 0.4) is 0 Å². The van der Waals surface area contributed by atoms with Crippen molar-refractivity contribution in [3.63, 3.8) is 0 Å². The number of nitrogens with zero attached hydrogens (tertiary/aromatic N) is 2. The third-order valence-electron chi connectivity index (χ3n) is 5.63. The number of methoxy groups -OCH3 is 1. The van der Waals surface area contributed by atoms with Gasteiger partial charge >= 0.3 is 0 Å². The maximum absolute atomic E-state index is 10.7. The van der Waals surface area contributed by atoms with Crippen LogP contribution in [0, 0.1) is 0 Å². The molecule has 1 heterocycles. The van der Waals surface area contributed by atoms with Crippen LogP contribution in [0.15, 0.2) is 48.5 Å². The molecule has 0 saturated carbocycles. The van der Waals surface area contributed by atoms with Crippen molar-refractivity contribution in [1.29, 1.82) is 0 Å². The van der Waals surface area contributed by atoms with Crippen LogP contribution < -0.4 is 9.64 Å². The van der Waals surface area contributed by atoms with Gasteiger partial charge in [0.1, 0.15) is 5.75 Å². The van der Waals surface area contributed by atoms with Gasteiger partial charge in [0.25, 0.3) is 0 Å². The molecule has 1 aliphatic heterocycles. The smallest absolute Gasteiger partial charge is 0.142 e. The highest BCUT2D eigenvalue weighted by Gasteiger charge is 2.33. The lowest BCUT2D eigenvalue weighted by atomic mass is 9.85. The molecule has 0 spiro atoms. The van der Waals surface area contributed by atoms with Gasteiger partial charge < -0.3 is 14.7 Å². The molecule has 0 amide bonds. The number of aliphatic hydroxyl groups is 1. The van der Waals surface area contributed by atoms with Gasteiger partial charge in [-0.3, -0.25) is 4.90 Å². The molecule has 0 bridgehead atoms. The molecular formula is C21H26N2O2. The summed E-state index contributed by atoms with van der Waals surface area (Å²) in [5.74, 6) is 0.933. The first-order valence-electron chi connectivity index (χ1n) is 9.13. The molecular weight excluding hydrogens is 312 g/mol. The van der Waals surface area contributed by atoms with Crippen LogP contribution in [0.5, 0.6) is 5.75 Å². The first-order valence-corrected chi connectivity index (χ1v) is 9.13. The lowest BCUT2D eigenvalue weighted by molar-refractivity contribution is 0.0395. The highest BCUT2D eigenvalue weighted by molar-refractivity contribution is 5.58. The zero-order chi connectivity index (χ0) is 17.2. The Bertz CT molecular complexity index is 725. The van der Waals surface area contributed by atoms with Crippen molar-refractivity contribution in [2.75, 3.05) is 38.2 Å². The topological polar surface area (TPSA) is 35.9 Å². The average Bonchev–Trinajstić information content (AvgIpc) is 2.67. The summed E-state index contributed by atoms with van der Waals surface area (Å²) in [6, 6.07) is 17.0. The maximum Gasteiger partial charge on any atom is 0.142 e. The van der Waals surface area contributed by atoms with Crippen LogP contribution in [0.2, 0.25) is 0 Å². The Labute approximate surface area is 149 Å². The van der Waals surface area contributed by atoms with Crippen molar-refractivity contribution in [1.82, 2.24) is 4.90 Å². The molecule has 0 radical (unpaired) electrons. The summed E-state index contributed by atoms with van der Waals surface area (Å²) in [5.41, 5.74) is 3.86. The van der Waals surface area contributed by atoms with E-state index in [-0.39, 0.29) is 12.1 Å². The number of para-hydroxylation sites is 2. The fourth-order valence-corrected chi connectivity index (χ4v) is 4.24. The number of fused-ring (bicyclic) bond motifs is 1.